The van der Waals surface area contributed by atoms with Crippen LogP contribution in [0.2, 0.25) is 0 Å². The molecule has 1 aromatic rings. The van der Waals surface area contributed by atoms with Gasteiger partial charge in [0.25, 0.3) is 5.91 Å². The van der Waals surface area contributed by atoms with E-state index in [0.29, 0.717) is 18.8 Å². The van der Waals surface area contributed by atoms with E-state index in [0.717, 1.165) is 5.56 Å². The lowest BCUT2D eigenvalue weighted by Crippen LogP contribution is -2.56. The van der Waals surface area contributed by atoms with Crippen LogP contribution >= 0.6 is 0 Å². The number of aliphatic hydroxyl groups excluding tert-OH is 1. The molecule has 0 saturated carbocycles. The highest BCUT2D eigenvalue weighted by Crippen LogP contribution is 2.21. The summed E-state index contributed by atoms with van der Waals surface area (Å²) in [6.07, 6.45) is -0.336. The summed E-state index contributed by atoms with van der Waals surface area (Å²) in [6.45, 7) is 6.61. The van der Waals surface area contributed by atoms with Crippen molar-refractivity contribution in [1.29, 1.82) is 0 Å². The Bertz CT molecular complexity index is 501. The number of aryl methyl sites for hydroxylation is 1. The molecule has 5 nitrogen and oxygen atoms in total. The standard InChI is InChI=1S/C16H23NO4/c1-12-5-4-6-13(7-12)20-10-15(19)17-8-14(9-18)21-16(2,3)11-17/h4-7,14,18H,8-11H2,1-3H3. The van der Waals surface area contributed by atoms with Crippen LogP contribution in [0, 0.1) is 6.92 Å². The van der Waals surface area contributed by atoms with E-state index in [1.54, 1.807) is 4.90 Å². The van der Waals surface area contributed by atoms with E-state index in [2.05, 4.69) is 0 Å². The maximum atomic E-state index is 12.3. The van der Waals surface area contributed by atoms with Gasteiger partial charge in [-0.05, 0) is 38.5 Å². The number of morpholine rings is 1. The Hall–Kier alpha value is -1.59. The van der Waals surface area contributed by atoms with Crippen molar-refractivity contribution in [3.05, 3.63) is 29.8 Å². The zero-order valence-corrected chi connectivity index (χ0v) is 12.8. The summed E-state index contributed by atoms with van der Waals surface area (Å²) in [7, 11) is 0. The minimum Gasteiger partial charge on any atom is -0.484 e. The minimum absolute atomic E-state index is 0.00230. The second kappa shape index (κ2) is 6.45. The summed E-state index contributed by atoms with van der Waals surface area (Å²) in [6, 6.07) is 7.60. The first kappa shape index (κ1) is 15.8. The second-order valence-corrected chi connectivity index (χ2v) is 6.06. The van der Waals surface area contributed by atoms with Crippen LogP contribution in [0.4, 0.5) is 0 Å². The van der Waals surface area contributed by atoms with E-state index in [9.17, 15) is 9.90 Å². The Morgan fingerprint density at radius 3 is 2.95 bits per heavy atom. The smallest absolute Gasteiger partial charge is 0.260 e. The van der Waals surface area contributed by atoms with E-state index in [-0.39, 0.29) is 25.2 Å². The second-order valence-electron chi connectivity index (χ2n) is 6.06. The molecule has 0 aliphatic carbocycles. The first-order valence-electron chi connectivity index (χ1n) is 7.15. The average Bonchev–Trinajstić information content (AvgIpc) is 2.43. The van der Waals surface area contributed by atoms with E-state index < -0.39 is 5.60 Å². The van der Waals surface area contributed by atoms with Gasteiger partial charge in [-0.2, -0.15) is 0 Å². The Labute approximate surface area is 125 Å². The fraction of sp³-hybridized carbons (Fsp3) is 0.562. The van der Waals surface area contributed by atoms with E-state index >= 15 is 0 Å². The number of benzene rings is 1. The van der Waals surface area contributed by atoms with Crippen molar-refractivity contribution in [2.75, 3.05) is 26.3 Å². The van der Waals surface area contributed by atoms with Gasteiger partial charge in [-0.25, -0.2) is 0 Å². The van der Waals surface area contributed by atoms with Crippen molar-refractivity contribution in [3.8, 4) is 5.75 Å². The van der Waals surface area contributed by atoms with E-state index in [4.69, 9.17) is 9.47 Å². The summed E-state index contributed by atoms with van der Waals surface area (Å²) < 4.78 is 11.2. The molecule has 1 N–H and O–H groups in total. The van der Waals surface area contributed by atoms with Gasteiger partial charge in [0, 0.05) is 13.1 Å². The van der Waals surface area contributed by atoms with Crippen LogP contribution < -0.4 is 4.74 Å². The van der Waals surface area contributed by atoms with Crippen molar-refractivity contribution < 1.29 is 19.4 Å². The quantitative estimate of drug-likeness (QED) is 0.911. The lowest BCUT2D eigenvalue weighted by Gasteiger charge is -2.42. The third-order valence-electron chi connectivity index (χ3n) is 3.39. The molecule has 1 saturated heterocycles. The van der Waals surface area contributed by atoms with E-state index in [1.165, 1.54) is 0 Å². The molecule has 0 spiro atoms. The zero-order valence-electron chi connectivity index (χ0n) is 12.8. The lowest BCUT2D eigenvalue weighted by molar-refractivity contribution is -0.168. The molecule has 1 atom stereocenters. The molecule has 2 rings (SSSR count). The number of nitrogens with zero attached hydrogens (tertiary/aromatic N) is 1. The SMILES string of the molecule is Cc1cccc(OCC(=O)N2CC(CO)OC(C)(C)C2)c1. The molecule has 0 bridgehead atoms. The van der Waals surface area contributed by atoms with Crippen molar-refractivity contribution in [3.63, 3.8) is 0 Å². The number of hydrogen-bond donors (Lipinski definition) is 1. The summed E-state index contributed by atoms with van der Waals surface area (Å²) in [5.41, 5.74) is 0.637. The monoisotopic (exact) mass is 293 g/mol. The predicted octanol–water partition coefficient (Wildman–Crippen LogP) is 1.37. The van der Waals surface area contributed by atoms with Gasteiger partial charge in [-0.15, -0.1) is 0 Å². The van der Waals surface area contributed by atoms with Crippen LogP contribution in [0.5, 0.6) is 5.75 Å². The number of hydrogen-bond acceptors (Lipinski definition) is 4. The summed E-state index contributed by atoms with van der Waals surface area (Å²) in [5.74, 6) is 0.598. The Morgan fingerprint density at radius 2 is 2.29 bits per heavy atom. The maximum Gasteiger partial charge on any atom is 0.260 e. The molecule has 1 unspecified atom stereocenters. The molecule has 1 aliphatic heterocycles. The number of carbonyl (C=O) groups excluding carboxylic acids is 1. The van der Waals surface area contributed by atoms with Gasteiger partial charge in [-0.3, -0.25) is 4.79 Å². The molecule has 0 aromatic heterocycles. The van der Waals surface area contributed by atoms with Gasteiger partial charge in [0.15, 0.2) is 6.61 Å². The molecule has 1 heterocycles. The largest absolute Gasteiger partial charge is 0.484 e. The van der Waals surface area contributed by atoms with Crippen LogP contribution in [-0.2, 0) is 9.53 Å². The van der Waals surface area contributed by atoms with Gasteiger partial charge >= 0.3 is 0 Å². The molecule has 5 heteroatoms. The summed E-state index contributed by atoms with van der Waals surface area (Å²) in [4.78, 5) is 14.0. The Balaban J connectivity index is 1.93. The highest BCUT2D eigenvalue weighted by atomic mass is 16.5. The molecular weight excluding hydrogens is 270 g/mol. The van der Waals surface area contributed by atoms with Crippen LogP contribution in [0.25, 0.3) is 0 Å². The topological polar surface area (TPSA) is 59.0 Å². The predicted molar refractivity (Wildman–Crippen MR) is 79.3 cm³/mol. The third kappa shape index (κ3) is 4.44. The normalized spacial score (nSPS) is 21.1. The molecule has 116 valence electrons. The van der Waals surface area contributed by atoms with Gasteiger partial charge in [0.1, 0.15) is 5.75 Å². The van der Waals surface area contributed by atoms with Gasteiger partial charge in [-0.1, -0.05) is 12.1 Å². The first-order chi connectivity index (χ1) is 9.89. The van der Waals surface area contributed by atoms with Crippen molar-refractivity contribution in [1.82, 2.24) is 4.90 Å². The number of amides is 1. The highest BCUT2D eigenvalue weighted by Gasteiger charge is 2.35. The van der Waals surface area contributed by atoms with Crippen molar-refractivity contribution in [2.24, 2.45) is 0 Å². The van der Waals surface area contributed by atoms with Crippen molar-refractivity contribution >= 4 is 5.91 Å². The fourth-order valence-electron chi connectivity index (χ4n) is 2.52. The van der Waals surface area contributed by atoms with Crippen molar-refractivity contribution in [2.45, 2.75) is 32.5 Å². The average molecular weight is 293 g/mol. The Morgan fingerprint density at radius 1 is 1.52 bits per heavy atom. The van der Waals surface area contributed by atoms with Crippen LogP contribution in [-0.4, -0.2) is 53.9 Å². The minimum atomic E-state index is -0.454. The van der Waals surface area contributed by atoms with Gasteiger partial charge < -0.3 is 19.5 Å². The summed E-state index contributed by atoms with van der Waals surface area (Å²) in [5, 5.41) is 9.27. The fourth-order valence-corrected chi connectivity index (χ4v) is 2.52. The first-order valence-corrected chi connectivity index (χ1v) is 7.15. The van der Waals surface area contributed by atoms with Crippen LogP contribution in [0.15, 0.2) is 24.3 Å². The molecule has 1 aromatic carbocycles. The third-order valence-corrected chi connectivity index (χ3v) is 3.39. The number of ether oxygens (including phenoxy) is 2. The maximum absolute atomic E-state index is 12.3. The zero-order chi connectivity index (χ0) is 15.5. The molecule has 1 fully saturated rings. The summed E-state index contributed by atoms with van der Waals surface area (Å²) >= 11 is 0. The molecule has 1 aliphatic rings. The van der Waals surface area contributed by atoms with Crippen LogP contribution in [0.3, 0.4) is 0 Å². The lowest BCUT2D eigenvalue weighted by atomic mass is 10.1. The Kier molecular flexibility index (Phi) is 4.85. The molecule has 1 amide bonds. The number of aliphatic hydroxyl groups is 1. The number of rotatable bonds is 4. The highest BCUT2D eigenvalue weighted by molar-refractivity contribution is 5.78. The van der Waals surface area contributed by atoms with E-state index in [1.807, 2.05) is 45.0 Å². The molecular formula is C16H23NO4. The van der Waals surface area contributed by atoms with Gasteiger partial charge in [0.2, 0.25) is 0 Å². The molecule has 21 heavy (non-hydrogen) atoms. The number of carbonyl (C=O) groups is 1. The van der Waals surface area contributed by atoms with Crippen LogP contribution in [0.1, 0.15) is 19.4 Å². The molecule has 0 radical (unpaired) electrons. The van der Waals surface area contributed by atoms with Gasteiger partial charge in [0.05, 0.1) is 18.3 Å².